The van der Waals surface area contributed by atoms with E-state index >= 15 is 0 Å². The monoisotopic (exact) mass is 1420 g/mol. The second-order valence-corrected chi connectivity index (χ2v) is 32.7. The molecule has 0 bridgehead atoms. The number of anilines is 18. The predicted molar refractivity (Wildman–Crippen MR) is 467 cm³/mol. The molecule has 538 valence electrons. The standard InChI is InChI=1S/C102H94B2N6/c1-9-37-71(38-10-1)81-53-25-31-59-89(81)109(90-60-32-26-54-82(90)72-39-11-2-12-40-72)79-65-97-101-99(67-79)107(77-49-21-7-22-50-77)95-70-96-88(69-87(95)103(101)85-57-29-35-63-93(85)105(97)75-45-17-5-18-46-75)104-86-58-30-36-64-94(86)106(76-47-19-6-20-48-76)98-66-80(68-100(102(98)104)108(96)78-51-23-8-24-52-78)110(91-61-33-27-55-83(91)73-41-13-3-14-42-73)92-62-34-28-56-84(92)74-43-15-4-16-44-74/h5-8,17-36,45-74H,1-4,9-16,37-44H2. The number of hydrogen-bond acceptors (Lipinski definition) is 6. The molecule has 0 saturated heterocycles. The van der Waals surface area contributed by atoms with Gasteiger partial charge in [0.05, 0.1) is 11.4 Å². The summed E-state index contributed by atoms with van der Waals surface area (Å²) in [5, 5.41) is 0. The normalized spacial score (nSPS) is 16.8. The van der Waals surface area contributed by atoms with Crippen LogP contribution in [0.15, 0.2) is 303 Å². The van der Waals surface area contributed by atoms with Gasteiger partial charge in [0.15, 0.2) is 0 Å². The third-order valence-electron chi connectivity index (χ3n) is 26.5. The lowest BCUT2D eigenvalue weighted by Gasteiger charge is -2.48. The molecule has 13 aromatic carbocycles. The largest absolute Gasteiger partial charge is 0.311 e. The summed E-state index contributed by atoms with van der Waals surface area (Å²) in [6, 6.07) is 119. The van der Waals surface area contributed by atoms with Crippen LogP contribution in [0, 0.1) is 0 Å². The van der Waals surface area contributed by atoms with Crippen LogP contribution in [-0.4, -0.2) is 13.4 Å². The molecular weight excluding hydrogens is 1330 g/mol. The van der Waals surface area contributed by atoms with Gasteiger partial charge in [0, 0.05) is 91.0 Å². The summed E-state index contributed by atoms with van der Waals surface area (Å²) in [7, 11) is 0. The molecule has 0 unspecified atom stereocenters. The van der Waals surface area contributed by atoms with E-state index in [1.54, 1.807) is 0 Å². The fourth-order valence-corrected chi connectivity index (χ4v) is 21.7. The molecule has 0 radical (unpaired) electrons. The fraction of sp³-hybridized carbons (Fsp3) is 0.235. The van der Waals surface area contributed by atoms with Gasteiger partial charge in [-0.25, -0.2) is 0 Å². The number of para-hydroxylation sites is 10. The van der Waals surface area contributed by atoms with Crippen molar-refractivity contribution in [2.24, 2.45) is 0 Å². The van der Waals surface area contributed by atoms with Gasteiger partial charge in [-0.1, -0.05) is 265 Å². The maximum Gasteiger partial charge on any atom is 0.252 e. The summed E-state index contributed by atoms with van der Waals surface area (Å²) in [6.45, 7) is -0.309. The number of fused-ring (bicyclic) bond motifs is 8. The molecule has 0 spiro atoms. The molecule has 4 aliphatic heterocycles. The highest BCUT2D eigenvalue weighted by atomic mass is 15.2. The summed E-state index contributed by atoms with van der Waals surface area (Å²) in [5.74, 6) is 1.88. The van der Waals surface area contributed by atoms with Gasteiger partial charge < -0.3 is 29.4 Å². The summed E-state index contributed by atoms with van der Waals surface area (Å²) < 4.78 is 0. The summed E-state index contributed by atoms with van der Waals surface area (Å²) in [6.07, 6.45) is 25.0. The number of benzene rings is 13. The summed E-state index contributed by atoms with van der Waals surface area (Å²) >= 11 is 0. The Morgan fingerprint density at radius 1 is 0.209 bits per heavy atom. The van der Waals surface area contributed by atoms with Gasteiger partial charge in [-0.15, -0.1) is 0 Å². The van der Waals surface area contributed by atoms with Crippen molar-refractivity contribution in [3.05, 3.63) is 326 Å². The maximum atomic E-state index is 2.75. The summed E-state index contributed by atoms with van der Waals surface area (Å²) in [5.41, 5.74) is 35.4. The van der Waals surface area contributed by atoms with Crippen LogP contribution in [0.4, 0.5) is 102 Å². The van der Waals surface area contributed by atoms with Gasteiger partial charge in [0.2, 0.25) is 0 Å². The molecule has 0 amide bonds. The van der Waals surface area contributed by atoms with Crippen molar-refractivity contribution in [3.8, 4) is 0 Å². The van der Waals surface area contributed by atoms with E-state index in [9.17, 15) is 0 Å². The molecule has 13 aromatic rings. The topological polar surface area (TPSA) is 19.4 Å². The van der Waals surface area contributed by atoms with Gasteiger partial charge in [-0.3, -0.25) is 0 Å². The van der Waals surface area contributed by atoms with Crippen molar-refractivity contribution in [3.63, 3.8) is 0 Å². The Hall–Kier alpha value is -11.2. The average Bonchev–Trinajstić information content (AvgIpc) is 0.682. The molecular formula is C102H94B2N6. The Morgan fingerprint density at radius 3 is 0.745 bits per heavy atom. The Bertz CT molecular complexity index is 5100. The molecule has 0 N–H and O–H groups in total. The van der Waals surface area contributed by atoms with Crippen molar-refractivity contribution >= 4 is 149 Å². The second-order valence-electron chi connectivity index (χ2n) is 32.7. The highest BCUT2D eigenvalue weighted by Crippen LogP contribution is 2.56. The zero-order valence-electron chi connectivity index (χ0n) is 63.2. The van der Waals surface area contributed by atoms with E-state index in [4.69, 9.17) is 0 Å². The van der Waals surface area contributed by atoms with Crippen molar-refractivity contribution in [2.75, 3.05) is 29.4 Å². The van der Waals surface area contributed by atoms with E-state index in [2.05, 4.69) is 333 Å². The lowest BCUT2D eigenvalue weighted by atomic mass is 9.30. The molecule has 4 aliphatic carbocycles. The van der Waals surface area contributed by atoms with Crippen molar-refractivity contribution in [1.82, 2.24) is 0 Å². The maximum absolute atomic E-state index is 2.75. The number of rotatable bonds is 14. The predicted octanol–water partition coefficient (Wildman–Crippen LogP) is 25.0. The fourth-order valence-electron chi connectivity index (χ4n) is 21.7. The van der Waals surface area contributed by atoms with E-state index in [0.29, 0.717) is 23.7 Å². The number of hydrogen-bond donors (Lipinski definition) is 0. The van der Waals surface area contributed by atoms with Crippen LogP contribution in [0.1, 0.15) is 174 Å². The molecule has 8 aliphatic rings. The molecule has 4 saturated carbocycles. The van der Waals surface area contributed by atoms with Gasteiger partial charge in [0.25, 0.3) is 13.4 Å². The molecule has 0 aromatic heterocycles. The Labute approximate surface area is 651 Å². The van der Waals surface area contributed by atoms with Crippen molar-refractivity contribution in [1.29, 1.82) is 0 Å². The first-order valence-electron chi connectivity index (χ1n) is 41.7. The van der Waals surface area contributed by atoms with Crippen LogP contribution in [0.25, 0.3) is 0 Å². The van der Waals surface area contributed by atoms with Crippen LogP contribution >= 0.6 is 0 Å². The van der Waals surface area contributed by atoms with Crippen molar-refractivity contribution in [2.45, 2.75) is 152 Å². The molecule has 8 heteroatoms. The van der Waals surface area contributed by atoms with Crippen LogP contribution in [-0.2, 0) is 0 Å². The van der Waals surface area contributed by atoms with E-state index in [1.165, 1.54) is 263 Å². The highest BCUT2D eigenvalue weighted by Gasteiger charge is 2.50. The molecule has 110 heavy (non-hydrogen) atoms. The van der Waals surface area contributed by atoms with Crippen LogP contribution in [0.5, 0.6) is 0 Å². The summed E-state index contributed by atoms with van der Waals surface area (Å²) in [4.78, 5) is 16.1. The molecule has 0 atom stereocenters. The third kappa shape index (κ3) is 11.4. The highest BCUT2D eigenvalue weighted by molar-refractivity contribution is 7.03. The first-order chi connectivity index (χ1) is 54.7. The van der Waals surface area contributed by atoms with Crippen LogP contribution < -0.4 is 62.2 Å². The lowest BCUT2D eigenvalue weighted by Crippen LogP contribution is -2.65. The first-order valence-corrected chi connectivity index (χ1v) is 41.7. The van der Waals surface area contributed by atoms with E-state index in [1.807, 2.05) is 0 Å². The minimum absolute atomic E-state index is 0.155. The van der Waals surface area contributed by atoms with E-state index in [0.717, 1.165) is 22.7 Å². The zero-order valence-corrected chi connectivity index (χ0v) is 63.2. The quantitative estimate of drug-likeness (QED) is 0.100. The van der Waals surface area contributed by atoms with Crippen LogP contribution in [0.2, 0.25) is 0 Å². The van der Waals surface area contributed by atoms with Gasteiger partial charge in [-0.05, 0) is 245 Å². The Balaban J connectivity index is 0.862. The Morgan fingerprint density at radius 2 is 0.455 bits per heavy atom. The van der Waals surface area contributed by atoms with Crippen LogP contribution in [0.3, 0.4) is 0 Å². The molecule has 6 nitrogen and oxygen atoms in total. The average molecular weight is 1430 g/mol. The zero-order chi connectivity index (χ0) is 72.6. The van der Waals surface area contributed by atoms with Gasteiger partial charge >= 0.3 is 0 Å². The smallest absolute Gasteiger partial charge is 0.252 e. The lowest BCUT2D eigenvalue weighted by molar-refractivity contribution is 0.443. The van der Waals surface area contributed by atoms with Crippen molar-refractivity contribution < 1.29 is 0 Å². The first kappa shape index (κ1) is 66.9. The van der Waals surface area contributed by atoms with Gasteiger partial charge in [0.1, 0.15) is 0 Å². The molecule has 4 heterocycles. The second kappa shape index (κ2) is 28.7. The van der Waals surface area contributed by atoms with E-state index in [-0.39, 0.29) is 13.4 Å². The third-order valence-corrected chi connectivity index (χ3v) is 26.5. The Kier molecular flexibility index (Phi) is 17.4. The van der Waals surface area contributed by atoms with E-state index < -0.39 is 0 Å². The van der Waals surface area contributed by atoms with Gasteiger partial charge in [-0.2, -0.15) is 0 Å². The number of nitrogens with zero attached hydrogens (tertiary/aromatic N) is 6. The molecule has 4 fully saturated rings. The SMILES string of the molecule is c1ccc(N2c3ccccc3B3c4cc5c(cc4N(c4ccccc4)c4cc(N(c6ccccc6C6CCCCC6)c6ccccc6C6CCCCC6)cc2c43)N(c2ccccc2)c2cc(N(c3ccccc3C3CCCCC3)c3ccccc3C3CCCCC3)cc3c2B5c2ccccc2N3c2ccccc2)cc1. The molecule has 21 rings (SSSR count). The minimum Gasteiger partial charge on any atom is -0.311 e. The minimum atomic E-state index is -0.155.